The maximum Gasteiger partial charge on any atom is 0.496 e. The van der Waals surface area contributed by atoms with Gasteiger partial charge in [0, 0.05) is 32.5 Å². The van der Waals surface area contributed by atoms with Gasteiger partial charge in [-0.2, -0.15) is 0 Å². The number of ether oxygens (including phenoxy) is 1. The number of hydrogen-bond acceptors (Lipinski definition) is 3. The van der Waals surface area contributed by atoms with E-state index in [0.29, 0.717) is 6.73 Å². The van der Waals surface area contributed by atoms with Crippen molar-refractivity contribution in [3.63, 3.8) is 0 Å². The van der Waals surface area contributed by atoms with E-state index in [2.05, 4.69) is 53.5 Å². The Bertz CT molecular complexity index is 492. The molecule has 0 bridgehead atoms. The van der Waals surface area contributed by atoms with Crippen LogP contribution in [-0.2, 0) is 20.8 Å². The van der Waals surface area contributed by atoms with Crippen molar-refractivity contribution in [3.8, 4) is 0 Å². The summed E-state index contributed by atoms with van der Waals surface area (Å²) in [5, 5.41) is 0. The monoisotopic (exact) mass is 323 g/mol. The smallest absolute Gasteiger partial charge is 0.399 e. The van der Waals surface area contributed by atoms with E-state index in [0.717, 1.165) is 12.1 Å². The predicted octanol–water partition coefficient (Wildman–Crippen LogP) is 3.10. The van der Waals surface area contributed by atoms with E-state index in [-0.39, 0.29) is 18.3 Å². The van der Waals surface area contributed by atoms with Gasteiger partial charge in [0.25, 0.3) is 0 Å². The lowest BCUT2D eigenvalue weighted by Crippen LogP contribution is -2.41. The summed E-state index contributed by atoms with van der Waals surface area (Å²) in [7, 11) is -1.32. The van der Waals surface area contributed by atoms with Crippen LogP contribution in [0.1, 0.15) is 27.7 Å². The largest absolute Gasteiger partial charge is 0.496 e. The van der Waals surface area contributed by atoms with Crippen molar-refractivity contribution in [1.82, 2.24) is 4.57 Å². The highest BCUT2D eigenvalue weighted by Gasteiger charge is 2.51. The van der Waals surface area contributed by atoms with E-state index in [1.165, 1.54) is 6.04 Å². The number of rotatable bonds is 6. The van der Waals surface area contributed by atoms with Gasteiger partial charge in [0.05, 0.1) is 11.2 Å². The molecule has 1 aliphatic rings. The van der Waals surface area contributed by atoms with Crippen LogP contribution in [0.2, 0.25) is 25.7 Å². The fourth-order valence-electron chi connectivity index (χ4n) is 2.21. The first-order valence-corrected chi connectivity index (χ1v) is 11.8. The van der Waals surface area contributed by atoms with E-state index >= 15 is 0 Å². The Morgan fingerprint density at radius 1 is 1.14 bits per heavy atom. The zero-order valence-corrected chi connectivity index (χ0v) is 16.1. The number of hydrogen-bond donors (Lipinski definition) is 0. The van der Waals surface area contributed by atoms with Gasteiger partial charge in [-0.15, -0.1) is 0 Å². The molecule has 0 aromatic carbocycles. The molecular weight excluding hydrogens is 293 g/mol. The molecule has 22 heavy (non-hydrogen) atoms. The fourth-order valence-corrected chi connectivity index (χ4v) is 2.96. The van der Waals surface area contributed by atoms with Crippen LogP contribution in [0.25, 0.3) is 0 Å². The summed E-state index contributed by atoms with van der Waals surface area (Å²) in [4.78, 5) is 0. The lowest BCUT2D eigenvalue weighted by Gasteiger charge is -2.32. The molecule has 124 valence electrons. The van der Waals surface area contributed by atoms with Crippen molar-refractivity contribution in [2.24, 2.45) is 0 Å². The van der Waals surface area contributed by atoms with Crippen LogP contribution in [0.5, 0.6) is 0 Å². The molecule has 2 heterocycles. The maximum absolute atomic E-state index is 6.06. The van der Waals surface area contributed by atoms with Crippen LogP contribution in [-0.4, -0.2) is 37.6 Å². The van der Waals surface area contributed by atoms with E-state index in [9.17, 15) is 0 Å². The standard InChI is InChI=1S/C16H30BNO3Si/c1-15(2)16(3,4)21-17(20-15)14-8-9-18(12-14)13-19-10-11-22(5,6)7/h8-9,12H,10-11,13H2,1-7H3. The Balaban J connectivity index is 1.87. The highest BCUT2D eigenvalue weighted by Crippen LogP contribution is 2.36. The van der Waals surface area contributed by atoms with Gasteiger partial charge in [0.15, 0.2) is 0 Å². The van der Waals surface area contributed by atoms with Crippen LogP contribution < -0.4 is 5.46 Å². The third kappa shape index (κ3) is 4.25. The van der Waals surface area contributed by atoms with Crippen LogP contribution in [0.15, 0.2) is 18.5 Å². The number of nitrogens with zero attached hydrogens (tertiary/aromatic N) is 1. The van der Waals surface area contributed by atoms with Crippen molar-refractivity contribution < 1.29 is 14.0 Å². The molecule has 0 saturated carbocycles. The van der Waals surface area contributed by atoms with E-state index < -0.39 is 8.07 Å². The second-order valence-corrected chi connectivity index (χ2v) is 14.0. The molecule has 1 fully saturated rings. The first-order chi connectivity index (χ1) is 10.0. The minimum atomic E-state index is -1.02. The van der Waals surface area contributed by atoms with E-state index in [1.807, 2.05) is 16.8 Å². The van der Waals surface area contributed by atoms with Gasteiger partial charge < -0.3 is 18.6 Å². The lowest BCUT2D eigenvalue weighted by molar-refractivity contribution is 0.00578. The molecule has 0 amide bonds. The Labute approximate surface area is 136 Å². The third-order valence-electron chi connectivity index (χ3n) is 4.54. The molecule has 2 rings (SSSR count). The van der Waals surface area contributed by atoms with Crippen molar-refractivity contribution in [1.29, 1.82) is 0 Å². The van der Waals surface area contributed by atoms with Crippen LogP contribution in [0, 0.1) is 0 Å². The SMILES string of the molecule is CC1(C)OB(c2ccn(COCC[Si](C)(C)C)c2)OC1(C)C. The van der Waals surface area contributed by atoms with Crippen LogP contribution >= 0.6 is 0 Å². The molecule has 0 N–H and O–H groups in total. The molecule has 0 aliphatic carbocycles. The highest BCUT2D eigenvalue weighted by atomic mass is 28.3. The molecule has 6 heteroatoms. The second-order valence-electron chi connectivity index (χ2n) is 8.40. The van der Waals surface area contributed by atoms with Crippen molar-refractivity contribution in [2.75, 3.05) is 6.61 Å². The molecule has 1 saturated heterocycles. The first kappa shape index (κ1) is 17.8. The summed E-state index contributed by atoms with van der Waals surface area (Å²) in [6.45, 7) is 16.8. The summed E-state index contributed by atoms with van der Waals surface area (Å²) < 4.78 is 19.9. The Hall–Kier alpha value is -0.558. The maximum atomic E-state index is 6.06. The molecule has 0 unspecified atom stereocenters. The van der Waals surface area contributed by atoms with Gasteiger partial charge in [0.2, 0.25) is 0 Å². The molecular formula is C16H30BNO3Si. The van der Waals surface area contributed by atoms with E-state index in [1.54, 1.807) is 0 Å². The number of aromatic nitrogens is 1. The minimum Gasteiger partial charge on any atom is -0.399 e. The summed E-state index contributed by atoms with van der Waals surface area (Å²) in [6.07, 6.45) is 4.07. The van der Waals surface area contributed by atoms with Crippen molar-refractivity contribution in [2.45, 2.75) is 71.3 Å². The zero-order chi connectivity index (χ0) is 16.6. The average Bonchev–Trinajstić information content (AvgIpc) is 2.87. The van der Waals surface area contributed by atoms with Gasteiger partial charge in [-0.3, -0.25) is 0 Å². The van der Waals surface area contributed by atoms with Gasteiger partial charge >= 0.3 is 7.12 Å². The first-order valence-electron chi connectivity index (χ1n) is 8.09. The van der Waals surface area contributed by atoms with Crippen LogP contribution in [0.3, 0.4) is 0 Å². The summed E-state index contributed by atoms with van der Waals surface area (Å²) in [5.41, 5.74) is 0.453. The topological polar surface area (TPSA) is 32.6 Å². The highest BCUT2D eigenvalue weighted by molar-refractivity contribution is 6.76. The van der Waals surface area contributed by atoms with Gasteiger partial charge in [-0.1, -0.05) is 19.6 Å². The summed E-state index contributed by atoms with van der Waals surface area (Å²) in [6, 6.07) is 3.24. The van der Waals surface area contributed by atoms with Gasteiger partial charge in [-0.05, 0) is 39.8 Å². The molecule has 0 radical (unpaired) electrons. The Morgan fingerprint density at radius 3 is 2.27 bits per heavy atom. The normalized spacial score (nSPS) is 20.6. The Kier molecular flexibility index (Phi) is 4.97. The second kappa shape index (κ2) is 6.15. The van der Waals surface area contributed by atoms with Crippen LogP contribution in [0.4, 0.5) is 0 Å². The predicted molar refractivity (Wildman–Crippen MR) is 94.3 cm³/mol. The molecule has 1 aromatic rings. The average molecular weight is 323 g/mol. The Morgan fingerprint density at radius 2 is 1.73 bits per heavy atom. The molecule has 0 spiro atoms. The molecule has 0 atom stereocenters. The summed E-state index contributed by atoms with van der Waals surface area (Å²) in [5.74, 6) is 0. The van der Waals surface area contributed by atoms with Crippen molar-refractivity contribution >= 4 is 20.7 Å². The molecule has 1 aromatic heterocycles. The lowest BCUT2D eigenvalue weighted by atomic mass is 9.81. The fraction of sp³-hybridized carbons (Fsp3) is 0.750. The summed E-state index contributed by atoms with van der Waals surface area (Å²) >= 11 is 0. The third-order valence-corrected chi connectivity index (χ3v) is 6.24. The van der Waals surface area contributed by atoms with E-state index in [4.69, 9.17) is 14.0 Å². The quantitative estimate of drug-likeness (QED) is 0.596. The minimum absolute atomic E-state index is 0.298. The van der Waals surface area contributed by atoms with Gasteiger partial charge in [-0.25, -0.2) is 0 Å². The molecule has 4 nitrogen and oxygen atoms in total. The zero-order valence-electron chi connectivity index (χ0n) is 15.1. The molecule has 1 aliphatic heterocycles. The van der Waals surface area contributed by atoms with Crippen molar-refractivity contribution in [3.05, 3.63) is 18.5 Å². The van der Waals surface area contributed by atoms with Gasteiger partial charge in [0.1, 0.15) is 6.73 Å².